The Labute approximate surface area is 135 Å². The van der Waals surface area contributed by atoms with Crippen LogP contribution in [-0.2, 0) is 9.59 Å². The average Bonchev–Trinajstić information content (AvgIpc) is 2.48. The maximum absolute atomic E-state index is 12.6. The van der Waals surface area contributed by atoms with Crippen LogP contribution in [0.3, 0.4) is 0 Å². The van der Waals surface area contributed by atoms with Crippen molar-refractivity contribution in [3.05, 3.63) is 29.3 Å². The molecule has 0 radical (unpaired) electrons. The Hall–Kier alpha value is -1.59. The predicted octanol–water partition coefficient (Wildman–Crippen LogP) is 2.08. The van der Waals surface area contributed by atoms with E-state index in [1.807, 2.05) is 25.1 Å². The Morgan fingerprint density at radius 3 is 2.91 bits per heavy atom. The number of nitrogens with two attached hydrogens (primary N) is 1. The third-order valence-corrected chi connectivity index (χ3v) is 4.06. The number of amides is 2. The summed E-state index contributed by atoms with van der Waals surface area (Å²) in [5.74, 6) is -0.231. The lowest BCUT2D eigenvalue weighted by molar-refractivity contribution is -0.128. The number of hydrogen-bond acceptors (Lipinski definition) is 3. The number of benzene rings is 1. The van der Waals surface area contributed by atoms with Gasteiger partial charge in [0.1, 0.15) is 6.04 Å². The highest BCUT2D eigenvalue weighted by molar-refractivity contribution is 6.33. The molecule has 1 fully saturated rings. The normalized spacial score (nSPS) is 19.9. The number of nitrogens with one attached hydrogen (secondary N) is 1. The Morgan fingerprint density at radius 1 is 1.50 bits per heavy atom. The fourth-order valence-electron chi connectivity index (χ4n) is 2.54. The van der Waals surface area contributed by atoms with Crippen molar-refractivity contribution in [2.24, 2.45) is 5.73 Å². The maximum atomic E-state index is 12.6. The Morgan fingerprint density at radius 2 is 2.23 bits per heavy atom. The highest BCUT2D eigenvalue weighted by Crippen LogP contribution is 2.28. The van der Waals surface area contributed by atoms with Crippen LogP contribution in [-0.4, -0.2) is 30.4 Å². The van der Waals surface area contributed by atoms with Crippen LogP contribution in [0, 0.1) is 0 Å². The van der Waals surface area contributed by atoms with Crippen molar-refractivity contribution in [1.82, 2.24) is 5.32 Å². The molecule has 6 heteroatoms. The molecule has 0 spiro atoms. The monoisotopic (exact) mass is 323 g/mol. The molecule has 1 aliphatic heterocycles. The Bertz CT molecular complexity index is 548. The smallest absolute Gasteiger partial charge is 0.249 e. The molecule has 1 heterocycles. The zero-order valence-corrected chi connectivity index (χ0v) is 13.5. The van der Waals surface area contributed by atoms with Crippen LogP contribution in [0.2, 0.25) is 5.02 Å². The van der Waals surface area contributed by atoms with Crippen LogP contribution in [0.4, 0.5) is 5.69 Å². The average molecular weight is 324 g/mol. The third kappa shape index (κ3) is 4.21. The van der Waals surface area contributed by atoms with Crippen LogP contribution >= 0.6 is 11.6 Å². The van der Waals surface area contributed by atoms with Gasteiger partial charge in [-0.05, 0) is 38.3 Å². The first-order valence-corrected chi connectivity index (χ1v) is 7.97. The molecule has 2 unspecified atom stereocenters. The molecule has 0 aliphatic carbocycles. The lowest BCUT2D eigenvalue weighted by atomic mass is 10.0. The maximum Gasteiger partial charge on any atom is 0.249 e. The number of rotatable bonds is 5. The van der Waals surface area contributed by atoms with Gasteiger partial charge in [0.25, 0.3) is 0 Å². The van der Waals surface area contributed by atoms with Gasteiger partial charge in [-0.25, -0.2) is 0 Å². The number of carbonyl (C=O) groups excluding carboxylic acids is 2. The number of nitrogens with zero attached hydrogens (tertiary/aromatic N) is 1. The minimum atomic E-state index is -0.481. The Kier molecular flexibility index (Phi) is 5.80. The van der Waals surface area contributed by atoms with E-state index in [0.29, 0.717) is 36.5 Å². The zero-order chi connectivity index (χ0) is 16.1. The van der Waals surface area contributed by atoms with Crippen molar-refractivity contribution in [3.8, 4) is 0 Å². The van der Waals surface area contributed by atoms with Gasteiger partial charge in [0.2, 0.25) is 11.8 Å². The van der Waals surface area contributed by atoms with Crippen LogP contribution < -0.4 is 16.0 Å². The molecule has 0 bridgehead atoms. The second-order valence-corrected chi connectivity index (χ2v) is 6.13. The highest BCUT2D eigenvalue weighted by Gasteiger charge is 2.31. The lowest BCUT2D eigenvalue weighted by Gasteiger charge is -2.33. The molecule has 1 saturated heterocycles. The summed E-state index contributed by atoms with van der Waals surface area (Å²) in [6.45, 7) is 2.48. The summed E-state index contributed by atoms with van der Waals surface area (Å²) in [6.07, 6.45) is 2.44. The summed E-state index contributed by atoms with van der Waals surface area (Å²) in [7, 11) is 0. The molecule has 120 valence electrons. The van der Waals surface area contributed by atoms with Crippen LogP contribution in [0.5, 0.6) is 0 Å². The van der Waals surface area contributed by atoms with Gasteiger partial charge in [0.05, 0.1) is 10.7 Å². The second kappa shape index (κ2) is 7.61. The van der Waals surface area contributed by atoms with Gasteiger partial charge < -0.3 is 16.0 Å². The summed E-state index contributed by atoms with van der Waals surface area (Å²) < 4.78 is 0. The number of halogens is 1. The van der Waals surface area contributed by atoms with E-state index in [0.717, 1.165) is 6.42 Å². The lowest BCUT2D eigenvalue weighted by Crippen LogP contribution is -2.52. The van der Waals surface area contributed by atoms with Gasteiger partial charge in [-0.15, -0.1) is 0 Å². The number of carbonyl (C=O) groups is 2. The molecule has 22 heavy (non-hydrogen) atoms. The molecule has 2 rings (SSSR count). The summed E-state index contributed by atoms with van der Waals surface area (Å²) in [6, 6.07) is 6.75. The predicted molar refractivity (Wildman–Crippen MR) is 87.9 cm³/mol. The van der Waals surface area contributed by atoms with E-state index < -0.39 is 6.04 Å². The van der Waals surface area contributed by atoms with E-state index in [9.17, 15) is 9.59 Å². The van der Waals surface area contributed by atoms with E-state index in [1.54, 1.807) is 11.0 Å². The van der Waals surface area contributed by atoms with E-state index in [2.05, 4.69) is 5.32 Å². The first-order valence-electron chi connectivity index (χ1n) is 7.60. The molecule has 0 aromatic heterocycles. The summed E-state index contributed by atoms with van der Waals surface area (Å²) in [5, 5.41) is 3.36. The number of para-hydroxylation sites is 1. The summed E-state index contributed by atoms with van der Waals surface area (Å²) in [4.78, 5) is 26.1. The van der Waals surface area contributed by atoms with Crippen molar-refractivity contribution in [3.63, 3.8) is 0 Å². The summed E-state index contributed by atoms with van der Waals surface area (Å²) in [5.41, 5.74) is 6.34. The van der Waals surface area contributed by atoms with Gasteiger partial charge in [-0.1, -0.05) is 23.7 Å². The topological polar surface area (TPSA) is 75.4 Å². The van der Waals surface area contributed by atoms with E-state index in [-0.39, 0.29) is 17.9 Å². The van der Waals surface area contributed by atoms with Gasteiger partial charge >= 0.3 is 0 Å². The van der Waals surface area contributed by atoms with Crippen LogP contribution in [0.15, 0.2) is 24.3 Å². The minimum Gasteiger partial charge on any atom is -0.344 e. The van der Waals surface area contributed by atoms with Gasteiger partial charge in [0, 0.05) is 19.0 Å². The number of hydrogen-bond donors (Lipinski definition) is 2. The van der Waals surface area contributed by atoms with Gasteiger partial charge in [-0.2, -0.15) is 0 Å². The van der Waals surface area contributed by atoms with Crippen molar-refractivity contribution in [2.45, 2.75) is 44.7 Å². The molecule has 3 N–H and O–H groups in total. The number of anilines is 1. The zero-order valence-electron chi connectivity index (χ0n) is 12.7. The van der Waals surface area contributed by atoms with Crippen LogP contribution in [0.1, 0.15) is 32.6 Å². The second-order valence-electron chi connectivity index (χ2n) is 5.72. The van der Waals surface area contributed by atoms with E-state index >= 15 is 0 Å². The van der Waals surface area contributed by atoms with Gasteiger partial charge in [-0.3, -0.25) is 9.59 Å². The van der Waals surface area contributed by atoms with E-state index in [4.69, 9.17) is 17.3 Å². The summed E-state index contributed by atoms with van der Waals surface area (Å²) >= 11 is 6.17. The quantitative estimate of drug-likeness (QED) is 0.871. The minimum absolute atomic E-state index is 0.0209. The molecule has 2 atom stereocenters. The first kappa shape index (κ1) is 16.8. The van der Waals surface area contributed by atoms with E-state index in [1.165, 1.54) is 0 Å². The van der Waals surface area contributed by atoms with Crippen molar-refractivity contribution in [1.29, 1.82) is 0 Å². The van der Waals surface area contributed by atoms with Crippen LogP contribution in [0.25, 0.3) is 0 Å². The molecule has 5 nitrogen and oxygen atoms in total. The van der Waals surface area contributed by atoms with Crippen molar-refractivity contribution in [2.75, 3.05) is 11.4 Å². The molecule has 1 aliphatic rings. The fourth-order valence-corrected chi connectivity index (χ4v) is 2.78. The molecular formula is C16H22ClN3O2. The van der Waals surface area contributed by atoms with Crippen molar-refractivity contribution < 1.29 is 9.59 Å². The molecule has 0 saturated carbocycles. The SMILES string of the molecule is CC(N)CCC(=O)NC1CCCN(c2ccccc2Cl)C1=O. The Balaban J connectivity index is 2.01. The largest absolute Gasteiger partial charge is 0.344 e. The fraction of sp³-hybridized carbons (Fsp3) is 0.500. The van der Waals surface area contributed by atoms with Crippen molar-refractivity contribution >= 4 is 29.1 Å². The molecule has 1 aromatic rings. The number of piperidine rings is 1. The standard InChI is InChI=1S/C16H22ClN3O2/c1-11(18)8-9-15(21)19-13-6-4-10-20(16(13)22)14-7-3-2-5-12(14)17/h2-3,5,7,11,13H,4,6,8-10,18H2,1H3,(H,19,21). The third-order valence-electron chi connectivity index (χ3n) is 3.74. The molecular weight excluding hydrogens is 302 g/mol. The molecule has 2 amide bonds. The molecule has 1 aromatic carbocycles. The van der Waals surface area contributed by atoms with Gasteiger partial charge in [0.15, 0.2) is 0 Å². The first-order chi connectivity index (χ1) is 10.5. The highest BCUT2D eigenvalue weighted by atomic mass is 35.5.